The van der Waals surface area contributed by atoms with Crippen LogP contribution in [0, 0.1) is 12.3 Å². The van der Waals surface area contributed by atoms with Crippen molar-refractivity contribution in [3.63, 3.8) is 0 Å². The minimum absolute atomic E-state index is 0.652. The summed E-state index contributed by atoms with van der Waals surface area (Å²) in [7, 11) is 1.73. The van der Waals surface area contributed by atoms with Gasteiger partial charge >= 0.3 is 0 Å². The highest BCUT2D eigenvalue weighted by molar-refractivity contribution is 4.90. The van der Waals surface area contributed by atoms with E-state index in [2.05, 4.69) is 16.1 Å². The van der Waals surface area contributed by atoms with Crippen LogP contribution in [0.3, 0.4) is 0 Å². The maximum atomic E-state index is 5.27. The van der Waals surface area contributed by atoms with Gasteiger partial charge in [-0.1, -0.05) is 5.92 Å². The summed E-state index contributed by atoms with van der Waals surface area (Å²) in [6.45, 7) is 4.79. The zero-order chi connectivity index (χ0) is 10.2. The highest BCUT2D eigenvalue weighted by Gasteiger charge is 2.17. The molecule has 80 valence electrons. The Morgan fingerprint density at radius 3 is 2.79 bits per heavy atom. The number of ether oxygens (including phenoxy) is 1. The van der Waals surface area contributed by atoms with Crippen molar-refractivity contribution in [1.29, 1.82) is 0 Å². The van der Waals surface area contributed by atoms with Crippen molar-refractivity contribution in [2.24, 2.45) is 0 Å². The molecule has 0 spiro atoms. The summed E-state index contributed by atoms with van der Waals surface area (Å²) >= 11 is 0. The summed E-state index contributed by atoms with van der Waals surface area (Å²) in [5, 5.41) is 3.48. The Balaban J connectivity index is 2.07. The monoisotopic (exact) mass is 196 g/mol. The molecule has 0 aliphatic carbocycles. The van der Waals surface area contributed by atoms with Crippen LogP contribution in [0.25, 0.3) is 0 Å². The second kappa shape index (κ2) is 6.83. The van der Waals surface area contributed by atoms with E-state index in [0.29, 0.717) is 6.04 Å². The molecule has 1 heterocycles. The molecule has 0 aromatic heterocycles. The second-order valence-corrected chi connectivity index (χ2v) is 3.70. The maximum absolute atomic E-state index is 5.27. The minimum Gasteiger partial charge on any atom is -0.383 e. The maximum Gasteiger partial charge on any atom is 0.0598 e. The fourth-order valence-corrected chi connectivity index (χ4v) is 1.79. The van der Waals surface area contributed by atoms with Crippen molar-refractivity contribution >= 4 is 0 Å². The fraction of sp³-hybridized carbons (Fsp3) is 0.818. The van der Waals surface area contributed by atoms with Crippen molar-refractivity contribution in [2.45, 2.75) is 18.9 Å². The number of hydrogen-bond acceptors (Lipinski definition) is 3. The highest BCUT2D eigenvalue weighted by Crippen LogP contribution is 2.09. The molecule has 1 N–H and O–H groups in total. The summed E-state index contributed by atoms with van der Waals surface area (Å²) in [6, 6.07) is 0.652. The summed E-state index contributed by atoms with van der Waals surface area (Å²) in [5.74, 6) is 2.69. The Morgan fingerprint density at radius 2 is 2.21 bits per heavy atom. The number of methoxy groups -OCH3 is 1. The van der Waals surface area contributed by atoms with Crippen LogP contribution in [-0.4, -0.2) is 50.8 Å². The first kappa shape index (κ1) is 11.5. The van der Waals surface area contributed by atoms with Crippen LogP contribution in [0.4, 0.5) is 0 Å². The first-order valence-corrected chi connectivity index (χ1v) is 5.25. The molecule has 0 radical (unpaired) electrons. The molecule has 1 fully saturated rings. The molecule has 1 saturated heterocycles. The molecule has 14 heavy (non-hydrogen) atoms. The molecule has 0 saturated carbocycles. The van der Waals surface area contributed by atoms with Crippen molar-refractivity contribution in [2.75, 3.05) is 39.9 Å². The van der Waals surface area contributed by atoms with Crippen LogP contribution < -0.4 is 5.32 Å². The number of nitrogens with zero attached hydrogens (tertiary/aromatic N) is 1. The Hall–Kier alpha value is -0.560. The molecule has 0 aromatic rings. The highest BCUT2D eigenvalue weighted by atomic mass is 16.5. The molecule has 0 bridgehead atoms. The normalized spacial score (nSPS) is 19.4. The van der Waals surface area contributed by atoms with Gasteiger partial charge in [-0.2, -0.15) is 0 Å². The van der Waals surface area contributed by atoms with E-state index in [9.17, 15) is 0 Å². The molecule has 1 aliphatic rings. The van der Waals surface area contributed by atoms with Gasteiger partial charge in [-0.25, -0.2) is 0 Å². The van der Waals surface area contributed by atoms with Crippen LogP contribution >= 0.6 is 0 Å². The van der Waals surface area contributed by atoms with Crippen LogP contribution in [0.2, 0.25) is 0 Å². The standard InChI is InChI=1S/C11H20N2O/c1-3-7-13-8-4-11(5-9-13)12-6-10-14-2/h1,11-12H,4-10H2,2H3. The molecular formula is C11H20N2O. The van der Waals surface area contributed by atoms with Gasteiger partial charge in [0.1, 0.15) is 0 Å². The zero-order valence-corrected chi connectivity index (χ0v) is 8.96. The van der Waals surface area contributed by atoms with Crippen LogP contribution in [0.1, 0.15) is 12.8 Å². The number of likely N-dealkylation sites (tertiary alicyclic amines) is 1. The van der Waals surface area contributed by atoms with E-state index in [-0.39, 0.29) is 0 Å². The van der Waals surface area contributed by atoms with E-state index < -0.39 is 0 Å². The first-order valence-electron chi connectivity index (χ1n) is 5.25. The molecule has 0 unspecified atom stereocenters. The lowest BCUT2D eigenvalue weighted by molar-refractivity contribution is 0.178. The molecule has 3 heteroatoms. The number of nitrogens with one attached hydrogen (secondary N) is 1. The van der Waals surface area contributed by atoms with E-state index in [1.54, 1.807) is 7.11 Å². The van der Waals surface area contributed by atoms with Gasteiger partial charge in [-0.05, 0) is 12.8 Å². The smallest absolute Gasteiger partial charge is 0.0598 e. The molecule has 1 rings (SSSR count). The van der Waals surface area contributed by atoms with E-state index in [1.165, 1.54) is 12.8 Å². The fourth-order valence-electron chi connectivity index (χ4n) is 1.79. The van der Waals surface area contributed by atoms with Gasteiger partial charge in [-0.15, -0.1) is 6.42 Å². The third-order valence-corrected chi connectivity index (χ3v) is 2.64. The van der Waals surface area contributed by atoms with E-state index >= 15 is 0 Å². The Labute approximate surface area is 86.8 Å². The van der Waals surface area contributed by atoms with Gasteiger partial charge in [0.2, 0.25) is 0 Å². The Morgan fingerprint density at radius 1 is 1.50 bits per heavy atom. The average molecular weight is 196 g/mol. The summed E-state index contributed by atoms with van der Waals surface area (Å²) < 4.78 is 4.99. The second-order valence-electron chi connectivity index (χ2n) is 3.70. The molecule has 0 amide bonds. The minimum atomic E-state index is 0.652. The lowest BCUT2D eigenvalue weighted by atomic mass is 10.1. The van der Waals surface area contributed by atoms with Crippen molar-refractivity contribution in [3.05, 3.63) is 0 Å². The summed E-state index contributed by atoms with van der Waals surface area (Å²) in [4.78, 5) is 2.33. The van der Waals surface area contributed by atoms with E-state index in [0.717, 1.165) is 32.8 Å². The number of piperidine rings is 1. The molecule has 1 aliphatic heterocycles. The van der Waals surface area contributed by atoms with Gasteiger partial charge in [-0.3, -0.25) is 4.90 Å². The predicted octanol–water partition coefficient (Wildman–Crippen LogP) is 0.320. The van der Waals surface area contributed by atoms with Crippen molar-refractivity contribution in [3.8, 4) is 12.3 Å². The van der Waals surface area contributed by atoms with Gasteiger partial charge in [0.05, 0.1) is 13.2 Å². The largest absolute Gasteiger partial charge is 0.383 e. The Kier molecular flexibility index (Phi) is 5.62. The zero-order valence-electron chi connectivity index (χ0n) is 8.96. The Bertz CT molecular complexity index is 180. The predicted molar refractivity (Wildman–Crippen MR) is 58.2 cm³/mol. The third kappa shape index (κ3) is 4.10. The van der Waals surface area contributed by atoms with Crippen molar-refractivity contribution < 1.29 is 4.74 Å². The summed E-state index contributed by atoms with van der Waals surface area (Å²) in [6.07, 6.45) is 7.67. The van der Waals surface area contributed by atoms with Gasteiger partial charge in [0.25, 0.3) is 0 Å². The molecule has 0 atom stereocenters. The van der Waals surface area contributed by atoms with Crippen LogP contribution in [-0.2, 0) is 4.74 Å². The first-order chi connectivity index (χ1) is 6.86. The number of rotatable bonds is 5. The van der Waals surface area contributed by atoms with Crippen LogP contribution in [0.15, 0.2) is 0 Å². The topological polar surface area (TPSA) is 24.5 Å². The van der Waals surface area contributed by atoms with Gasteiger partial charge in [0.15, 0.2) is 0 Å². The summed E-state index contributed by atoms with van der Waals surface area (Å²) in [5.41, 5.74) is 0. The number of terminal acetylenes is 1. The van der Waals surface area contributed by atoms with Gasteiger partial charge in [0, 0.05) is 32.8 Å². The molecular weight excluding hydrogens is 176 g/mol. The SMILES string of the molecule is C#CCN1CCC(NCCOC)CC1. The lowest BCUT2D eigenvalue weighted by Crippen LogP contribution is -2.43. The van der Waals surface area contributed by atoms with E-state index in [1.807, 2.05) is 0 Å². The molecule has 3 nitrogen and oxygen atoms in total. The quantitative estimate of drug-likeness (QED) is 0.506. The average Bonchev–Trinajstić information content (AvgIpc) is 2.21. The van der Waals surface area contributed by atoms with Crippen LogP contribution in [0.5, 0.6) is 0 Å². The molecule has 0 aromatic carbocycles. The van der Waals surface area contributed by atoms with Gasteiger partial charge < -0.3 is 10.1 Å². The number of hydrogen-bond donors (Lipinski definition) is 1. The third-order valence-electron chi connectivity index (χ3n) is 2.64. The van der Waals surface area contributed by atoms with E-state index in [4.69, 9.17) is 11.2 Å². The lowest BCUT2D eigenvalue weighted by Gasteiger charge is -2.31. The van der Waals surface area contributed by atoms with Crippen molar-refractivity contribution in [1.82, 2.24) is 10.2 Å².